The summed E-state index contributed by atoms with van der Waals surface area (Å²) in [5, 5.41) is 32.2. The highest BCUT2D eigenvalue weighted by Crippen LogP contribution is 2.19. The number of nitro benzene ring substituents is 3. The quantitative estimate of drug-likeness (QED) is 0.0269. The highest BCUT2D eigenvalue weighted by Gasteiger charge is 2.13. The normalized spacial score (nSPS) is 11.0. The first-order valence-corrected chi connectivity index (χ1v) is 19.1. The summed E-state index contributed by atoms with van der Waals surface area (Å²) in [5.41, 5.74) is -0.405. The van der Waals surface area contributed by atoms with Gasteiger partial charge >= 0.3 is 17.9 Å². The van der Waals surface area contributed by atoms with E-state index in [4.69, 9.17) is 56.8 Å². The Morgan fingerprint density at radius 2 is 0.635 bits per heavy atom. The van der Waals surface area contributed by atoms with E-state index in [0.29, 0.717) is 0 Å². The topological polar surface area (TPSA) is 291 Å². The van der Waals surface area contributed by atoms with Crippen LogP contribution in [0.15, 0.2) is 72.8 Å². The van der Waals surface area contributed by atoms with Crippen molar-refractivity contribution in [3.8, 4) is 17.2 Å². The zero-order valence-electron chi connectivity index (χ0n) is 33.9. The molecule has 0 aliphatic heterocycles. The Morgan fingerprint density at radius 3 is 0.921 bits per heavy atom. The average Bonchev–Trinajstić information content (AvgIpc) is 3.26. The van der Waals surface area contributed by atoms with E-state index in [1.807, 2.05) is 0 Å². The van der Waals surface area contributed by atoms with Gasteiger partial charge in [0.25, 0.3) is 17.1 Å². The van der Waals surface area contributed by atoms with Crippen molar-refractivity contribution in [2.75, 3.05) is 112 Å². The van der Waals surface area contributed by atoms with E-state index in [9.17, 15) is 44.7 Å². The standard InChI is InChI=1S/C39H47N3O21/c43-37(61-33-7-1-30(2-8-33)40(46)47)27-57-20-15-52-13-18-55-25-36(60-24-23-54-17-22-59-29-39(45)63-35-11-5-32(6-12-35)42(50)51)26-56-19-14-53-16-21-58-28-38(44)62-34-9-3-31(4-10-34)41(48)49/h1-12,36H,13-29H2. The molecular weight excluding hydrogens is 846 g/mol. The van der Waals surface area contributed by atoms with Gasteiger partial charge in [-0.25, -0.2) is 14.4 Å². The lowest BCUT2D eigenvalue weighted by Gasteiger charge is -2.18. The van der Waals surface area contributed by atoms with Crippen molar-refractivity contribution < 1.29 is 86.0 Å². The first kappa shape index (κ1) is 51.3. The van der Waals surface area contributed by atoms with E-state index in [2.05, 4.69) is 0 Å². The van der Waals surface area contributed by atoms with Crippen molar-refractivity contribution in [3.05, 3.63) is 103 Å². The third-order valence-corrected chi connectivity index (χ3v) is 7.55. The van der Waals surface area contributed by atoms with Gasteiger partial charge in [0.1, 0.15) is 43.2 Å². The highest BCUT2D eigenvalue weighted by molar-refractivity contribution is 5.74. The number of hydrogen-bond acceptors (Lipinski definition) is 21. The van der Waals surface area contributed by atoms with E-state index in [1.165, 1.54) is 72.8 Å². The fourth-order valence-electron chi connectivity index (χ4n) is 4.60. The molecule has 0 bridgehead atoms. The summed E-state index contributed by atoms with van der Waals surface area (Å²) >= 11 is 0. The largest absolute Gasteiger partial charge is 0.425 e. The molecule has 24 nitrogen and oxygen atoms in total. The van der Waals surface area contributed by atoms with Gasteiger partial charge in [-0.3, -0.25) is 30.3 Å². The summed E-state index contributed by atoms with van der Waals surface area (Å²) in [7, 11) is 0. The van der Waals surface area contributed by atoms with Crippen molar-refractivity contribution in [2.24, 2.45) is 0 Å². The molecule has 0 spiro atoms. The Balaban J connectivity index is 1.25. The van der Waals surface area contributed by atoms with E-state index in [0.717, 1.165) is 0 Å². The zero-order chi connectivity index (χ0) is 45.5. The maximum Gasteiger partial charge on any atom is 0.337 e. The molecule has 0 saturated heterocycles. The van der Waals surface area contributed by atoms with Crippen molar-refractivity contribution >= 4 is 35.0 Å². The molecule has 24 heteroatoms. The molecule has 0 aliphatic carbocycles. The zero-order valence-corrected chi connectivity index (χ0v) is 33.9. The van der Waals surface area contributed by atoms with Gasteiger partial charge in [0.05, 0.1) is 107 Å². The van der Waals surface area contributed by atoms with Crippen LogP contribution in [0.2, 0.25) is 0 Å². The number of non-ortho nitro benzene ring substituents is 3. The first-order chi connectivity index (χ1) is 30.5. The molecule has 3 aromatic carbocycles. The van der Waals surface area contributed by atoms with Crippen molar-refractivity contribution in [1.82, 2.24) is 0 Å². The van der Waals surface area contributed by atoms with Crippen molar-refractivity contribution in [2.45, 2.75) is 6.10 Å². The number of esters is 3. The second-order valence-corrected chi connectivity index (χ2v) is 12.3. The summed E-state index contributed by atoms with van der Waals surface area (Å²) in [6, 6.07) is 15.1. The minimum atomic E-state index is -0.687. The number of carbonyl (C=O) groups is 3. The van der Waals surface area contributed by atoms with Crippen LogP contribution in [0.4, 0.5) is 17.1 Å². The number of benzene rings is 3. The van der Waals surface area contributed by atoms with E-state index >= 15 is 0 Å². The highest BCUT2D eigenvalue weighted by atomic mass is 16.6. The third kappa shape index (κ3) is 23.6. The van der Waals surface area contributed by atoms with Crippen molar-refractivity contribution in [3.63, 3.8) is 0 Å². The third-order valence-electron chi connectivity index (χ3n) is 7.55. The van der Waals surface area contributed by atoms with Crippen LogP contribution in [0.3, 0.4) is 0 Å². The van der Waals surface area contributed by atoms with Gasteiger partial charge in [-0.1, -0.05) is 0 Å². The molecule has 344 valence electrons. The molecule has 63 heavy (non-hydrogen) atoms. The summed E-state index contributed by atoms with van der Waals surface area (Å²) in [6.45, 7) is 1.13. The molecule has 0 aromatic heterocycles. The molecular formula is C39H47N3O21. The molecule has 0 N–H and O–H groups in total. The van der Waals surface area contributed by atoms with E-state index in [1.54, 1.807) is 0 Å². The lowest BCUT2D eigenvalue weighted by atomic mass is 10.3. The van der Waals surface area contributed by atoms with Gasteiger partial charge in [-0.15, -0.1) is 0 Å². The van der Waals surface area contributed by atoms with Crippen LogP contribution in [-0.2, 0) is 57.0 Å². The molecule has 3 rings (SSSR count). The SMILES string of the molecule is O=C(COCCOCCOCC(COCCOCCOCC(=O)Oc1ccc([N+](=O)[O-])cc1)OCCOCCOCC(=O)Oc1ccc([N+](=O)[O-])cc1)Oc1ccc([N+](=O)[O-])cc1. The Kier molecular flexibility index (Phi) is 25.1. The molecule has 0 fully saturated rings. The summed E-state index contributed by atoms with van der Waals surface area (Å²) < 4.78 is 64.6. The monoisotopic (exact) mass is 893 g/mol. The van der Waals surface area contributed by atoms with E-state index < -0.39 is 38.8 Å². The lowest BCUT2D eigenvalue weighted by molar-refractivity contribution is -0.385. The van der Waals surface area contributed by atoms with Crippen LogP contribution in [0.25, 0.3) is 0 Å². The van der Waals surface area contributed by atoms with Gasteiger partial charge in [-0.05, 0) is 36.4 Å². The second kappa shape index (κ2) is 30.9. The average molecular weight is 894 g/mol. The number of ether oxygens (including phenoxy) is 12. The Hall–Kier alpha value is -6.09. The smallest absolute Gasteiger partial charge is 0.337 e. The molecule has 0 heterocycles. The minimum Gasteiger partial charge on any atom is -0.425 e. The molecule has 0 atom stereocenters. The van der Waals surface area contributed by atoms with Crippen LogP contribution in [0.5, 0.6) is 17.2 Å². The number of nitrogens with zero attached hydrogens (tertiary/aromatic N) is 3. The molecule has 0 unspecified atom stereocenters. The second-order valence-electron chi connectivity index (χ2n) is 12.3. The van der Waals surface area contributed by atoms with Gasteiger partial charge in [0, 0.05) is 36.4 Å². The number of rotatable bonds is 35. The predicted molar refractivity (Wildman–Crippen MR) is 212 cm³/mol. The summed E-state index contributed by atoms with van der Waals surface area (Å²) in [6.07, 6.45) is -0.505. The maximum absolute atomic E-state index is 12.0. The molecule has 0 amide bonds. The summed E-state index contributed by atoms with van der Waals surface area (Å²) in [4.78, 5) is 66.3. The Labute approximate surface area is 359 Å². The van der Waals surface area contributed by atoms with Crippen LogP contribution in [0, 0.1) is 30.3 Å². The fourth-order valence-corrected chi connectivity index (χ4v) is 4.60. The van der Waals surface area contributed by atoms with Crippen molar-refractivity contribution in [1.29, 1.82) is 0 Å². The summed E-state index contributed by atoms with van der Waals surface area (Å²) in [5.74, 6) is -1.62. The fraction of sp³-hybridized carbons (Fsp3) is 0.462. The number of nitro groups is 3. The Morgan fingerprint density at radius 1 is 0.381 bits per heavy atom. The van der Waals surface area contributed by atoms with Gasteiger partial charge < -0.3 is 56.8 Å². The minimum absolute atomic E-state index is 0.0830. The Bertz CT molecular complexity index is 1740. The molecule has 0 saturated carbocycles. The maximum atomic E-state index is 12.0. The van der Waals surface area contributed by atoms with Crippen LogP contribution in [-0.4, -0.2) is 151 Å². The van der Waals surface area contributed by atoms with E-state index in [-0.39, 0.29) is 147 Å². The van der Waals surface area contributed by atoms with Gasteiger partial charge in [0.2, 0.25) is 0 Å². The van der Waals surface area contributed by atoms with Gasteiger partial charge in [0.15, 0.2) is 0 Å². The first-order valence-electron chi connectivity index (χ1n) is 19.1. The molecule has 0 radical (unpaired) electrons. The molecule has 3 aromatic rings. The van der Waals surface area contributed by atoms with Crippen LogP contribution in [0.1, 0.15) is 0 Å². The van der Waals surface area contributed by atoms with Crippen LogP contribution < -0.4 is 14.2 Å². The predicted octanol–water partition coefficient (Wildman–Crippen LogP) is 3.05. The molecule has 0 aliphatic rings. The van der Waals surface area contributed by atoms with Gasteiger partial charge in [-0.2, -0.15) is 0 Å². The lowest BCUT2D eigenvalue weighted by Crippen LogP contribution is -2.29. The van der Waals surface area contributed by atoms with Crippen LogP contribution >= 0.6 is 0 Å². The number of carbonyl (C=O) groups excluding carboxylic acids is 3. The number of hydrogen-bond donors (Lipinski definition) is 0.